The average molecular weight is 1980 g/mol. The third kappa shape index (κ3) is 24.5. The number of pyridine rings is 1. The van der Waals surface area contributed by atoms with Gasteiger partial charge in [0.25, 0.3) is 17.4 Å². The number of aromatic amines is 1. The van der Waals surface area contributed by atoms with Gasteiger partial charge in [-0.1, -0.05) is 214 Å². The number of urea groups is 1. The van der Waals surface area contributed by atoms with Crippen LogP contribution in [0, 0.1) is 5.92 Å². The minimum atomic E-state index is -5.25. The molecule has 27 nitrogen and oxygen atoms in total. The van der Waals surface area contributed by atoms with E-state index in [1.54, 1.807) is 25.1 Å². The summed E-state index contributed by atoms with van der Waals surface area (Å²) in [5.41, 5.74) is 7.06. The number of carbonyl (C=O) groups excluding carboxylic acids is 6. The Morgan fingerprint density at radius 1 is 0.664 bits per heavy atom. The number of fused-ring (bicyclic) bond motifs is 2. The number of amides is 6. The monoisotopic (exact) mass is 1980 g/mol. The van der Waals surface area contributed by atoms with Gasteiger partial charge in [-0.05, 0) is 182 Å². The number of sulfonamides is 1. The summed E-state index contributed by atoms with van der Waals surface area (Å²) in [6.45, 7) is 25.4. The van der Waals surface area contributed by atoms with E-state index in [1.165, 1.54) is 126 Å². The fourth-order valence-corrected chi connectivity index (χ4v) is 17.3. The second-order valence-electron chi connectivity index (χ2n) is 34.7. The van der Waals surface area contributed by atoms with Crippen molar-refractivity contribution in [1.82, 2.24) is 14.9 Å². The van der Waals surface area contributed by atoms with Crippen molar-refractivity contribution in [2.75, 3.05) is 62.9 Å². The van der Waals surface area contributed by atoms with Gasteiger partial charge in [-0.15, -0.1) is 19.7 Å². The van der Waals surface area contributed by atoms with Crippen molar-refractivity contribution < 1.29 is 74.6 Å². The maximum atomic E-state index is 14.5. The summed E-state index contributed by atoms with van der Waals surface area (Å²) < 4.78 is 70.2. The molecular formula is C113H110B2F3N13O14S. The molecule has 2 aromatic heterocycles. The number of halogens is 3. The molecule has 1 saturated heterocycles. The van der Waals surface area contributed by atoms with Gasteiger partial charge in [0, 0.05) is 106 Å². The fraction of sp³-hybridized carbons (Fsp3) is 0.186. The number of ether oxygens (including phenoxy) is 2. The maximum Gasteiger partial charge on any atom is 0.480 e. The Hall–Kier alpha value is -16.9. The molecule has 0 spiro atoms. The van der Waals surface area contributed by atoms with Crippen molar-refractivity contribution in [3.05, 3.63) is 386 Å². The van der Waals surface area contributed by atoms with Gasteiger partial charge in [0.05, 0.1) is 46.5 Å². The number of hydrogen-bond donors (Lipinski definition) is 9. The second kappa shape index (κ2) is 47.8. The maximum absolute atomic E-state index is 14.5. The van der Waals surface area contributed by atoms with Crippen LogP contribution in [0.15, 0.2) is 342 Å². The Kier molecular flexibility index (Phi) is 34.3. The van der Waals surface area contributed by atoms with Gasteiger partial charge in [-0.25, -0.2) is 27.5 Å². The molecule has 12 aromatic rings. The standard InChI is InChI=1S/C48H46B2N4O4.C33H30N6O8.C30H31N2.C2H3F3NO2S/c1-4-7-11-30(6-3)29-58-36-24-20-34(21-25-36)50-52-40-15-10-13-32-17-27-38(46(54-50)42(32)40)44-47(55)43(48(44)56)37-26-16-31-12-9-14-39-41(31)45(37)53-49(51-39)33-18-22-35(23-19-33)57-28-8-5-2;1-4-5-12-27(41)35-22-9-7-11-24(18-22)39-31(45)26(29(43)37-33(39)47)16-14-19(2)13-15-25-28(42)36-32(46)38(30(25)44)23-10-6-8-21(17-23)34-20(3)40;1-4-6-21-32-23-20-26(28-12-8-10-14-30(28)32)18-16-24(3)15-17-25-19-22-31(5-2)29-13-9-7-11-27(25)29;1-6-9(7,8)2(3,4)5/h5,9-10,12-27,30,51-53,55H,2,4,6-8,11,28-29H2,1,3H3;4,6-11,13-18,42H,1,5,12H2,2-3H3,(H,34,40)(H,35,41)(H,36,46)(H,37,43,47);4,7-20,22-23H,1,5-6,21H2,2-3H3;1H3/q;;+1;-1. The molecule has 17 rings (SSSR count). The molecule has 1 aliphatic carbocycles. The minimum absolute atomic E-state index is 0.0276. The zero-order valence-electron chi connectivity index (χ0n) is 81.6. The number of H-pyrrole nitrogens is 1. The summed E-state index contributed by atoms with van der Waals surface area (Å²) in [5, 5.41) is 47.1. The Morgan fingerprint density at radius 2 is 1.31 bits per heavy atom. The van der Waals surface area contributed by atoms with Crippen LogP contribution in [0.25, 0.3) is 71.7 Å². The number of aliphatic hydroxyl groups is 1. The number of imide groups is 2. The van der Waals surface area contributed by atoms with Crippen LogP contribution in [0.1, 0.15) is 115 Å². The van der Waals surface area contributed by atoms with Gasteiger partial charge >= 0.3 is 31.2 Å². The smallest absolute Gasteiger partial charge is 0.480 e. The Morgan fingerprint density at radius 3 is 1.99 bits per heavy atom. The molecule has 0 saturated carbocycles. The molecule has 33 heteroatoms. The minimum Gasteiger partial charge on any atom is -0.544 e. The molecule has 0 radical (unpaired) electrons. The number of aryl methyl sites for hydroxylation is 1. The number of Topliss-reactive ketones (excluding diaryl/α,β-unsaturated/α-hetero) is 1. The van der Waals surface area contributed by atoms with Gasteiger partial charge in [0.1, 0.15) is 28.4 Å². The topological polar surface area (TPSA) is 359 Å². The highest BCUT2D eigenvalue weighted by Crippen LogP contribution is 2.46. The number of rotatable bonds is 32. The molecule has 0 bridgehead atoms. The van der Waals surface area contributed by atoms with Crippen LogP contribution in [0.5, 0.6) is 17.4 Å². The van der Waals surface area contributed by atoms with E-state index in [0.717, 1.165) is 103 Å². The van der Waals surface area contributed by atoms with Crippen LogP contribution in [0.3, 0.4) is 0 Å². The van der Waals surface area contributed by atoms with E-state index in [-0.39, 0.29) is 64.8 Å². The Labute approximate surface area is 843 Å². The van der Waals surface area contributed by atoms with E-state index in [9.17, 15) is 70.2 Å². The SMILES string of the molecule is C=CCCC(=O)Nc1cccc(N2C(=O)NC(=O)C(=CC=C(C)C=Cc3c(O)[nH]c(=O)n(-c4cccc(NC(C)=O)c4)c3=O)C2=O)c1.C=CCCOc1ccc(B2Nc3cccc4ccc(C5=C(O)C(=c6ccc7cccc8c7c6=NB(c6ccc(OCC(CC)CCCC)cc6)N8)C5=O)c(c34)N2)cc1.C=CCC[n+]1ccc(/C=C/C(C)=C/C=C2/C=CN(CC)c3ccccc32)c2ccccc21.C[N-]S(=O)(=O)C(F)(F)F. The first kappa shape index (κ1) is 105. The molecule has 1 atom stereocenters. The van der Waals surface area contributed by atoms with Crippen molar-refractivity contribution in [2.24, 2.45) is 10.8 Å². The summed E-state index contributed by atoms with van der Waals surface area (Å²) in [5.74, 6) is -1.23. The molecule has 9 N–H and O–H groups in total. The van der Waals surface area contributed by atoms with Crippen molar-refractivity contribution >= 4 is 171 Å². The number of nitrogens with zero attached hydrogens (tertiary/aromatic N) is 6. The first-order valence-corrected chi connectivity index (χ1v) is 49.1. The summed E-state index contributed by atoms with van der Waals surface area (Å²) >= 11 is 0. The molecule has 146 heavy (non-hydrogen) atoms. The van der Waals surface area contributed by atoms with Crippen molar-refractivity contribution in [1.29, 1.82) is 0 Å². The Balaban J connectivity index is 0.000000172. The van der Waals surface area contributed by atoms with E-state index in [1.807, 2.05) is 103 Å². The predicted molar refractivity (Wildman–Crippen MR) is 578 cm³/mol. The lowest BCUT2D eigenvalue weighted by Gasteiger charge is -2.31. The number of anilines is 7. The lowest BCUT2D eigenvalue weighted by molar-refractivity contribution is -0.670. The number of allylic oxidation sites excluding steroid dienone is 14. The summed E-state index contributed by atoms with van der Waals surface area (Å²) in [6.07, 6.45) is 33.1. The van der Waals surface area contributed by atoms with E-state index < -0.39 is 57.5 Å². The van der Waals surface area contributed by atoms with Crippen molar-refractivity contribution in [3.63, 3.8) is 0 Å². The lowest BCUT2D eigenvalue weighted by Crippen LogP contribution is -2.54. The number of unbranched alkanes of at least 4 members (excludes halogenated alkanes) is 1. The number of barbiturate groups is 1. The van der Waals surface area contributed by atoms with Crippen LogP contribution in [0.4, 0.5) is 57.8 Å². The van der Waals surface area contributed by atoms with E-state index in [2.05, 4.69) is 214 Å². The molecule has 6 heterocycles. The molecule has 744 valence electrons. The van der Waals surface area contributed by atoms with Crippen LogP contribution in [-0.2, 0) is 40.5 Å². The normalized spacial score (nSPS) is 14.9. The zero-order chi connectivity index (χ0) is 104. The van der Waals surface area contributed by atoms with Gasteiger partial charge in [0.2, 0.25) is 29.0 Å². The van der Waals surface area contributed by atoms with Gasteiger partial charge in [0.15, 0.2) is 22.8 Å². The molecule has 4 aliphatic heterocycles. The first-order chi connectivity index (χ1) is 70.4. The van der Waals surface area contributed by atoms with Crippen LogP contribution < -0.4 is 88.2 Å². The predicted octanol–water partition coefficient (Wildman–Crippen LogP) is 19.1. The summed E-state index contributed by atoms with van der Waals surface area (Å²) in [6, 6.07) is 66.6. The fourth-order valence-electron chi connectivity index (χ4n) is 17.1. The average Bonchev–Trinajstić information content (AvgIpc) is 0.710. The lowest BCUT2D eigenvalue weighted by atomic mass is 9.65. The molecule has 1 unspecified atom stereocenters. The second-order valence-corrected chi connectivity index (χ2v) is 36.5. The summed E-state index contributed by atoms with van der Waals surface area (Å²) in [4.78, 5) is 113. The number of para-hydroxylation sites is 2. The third-order valence-corrected chi connectivity index (χ3v) is 25.8. The zero-order valence-corrected chi connectivity index (χ0v) is 82.5. The number of alkyl halides is 3. The highest BCUT2D eigenvalue weighted by molar-refractivity contribution is 7.94. The molecule has 10 aromatic carbocycles. The van der Waals surface area contributed by atoms with Crippen LogP contribution in [-0.4, -0.2) is 110 Å². The van der Waals surface area contributed by atoms with Crippen molar-refractivity contribution in [3.8, 4) is 23.1 Å². The molecule has 6 amide bonds. The highest BCUT2D eigenvalue weighted by Gasteiger charge is 2.42. The van der Waals surface area contributed by atoms with Gasteiger partial charge < -0.3 is 60.5 Å². The van der Waals surface area contributed by atoms with Gasteiger partial charge in [-0.2, -0.15) is 24.8 Å². The van der Waals surface area contributed by atoms with Crippen LogP contribution >= 0.6 is 0 Å². The van der Waals surface area contributed by atoms with E-state index in [0.29, 0.717) is 71.3 Å². The van der Waals surface area contributed by atoms with Crippen LogP contribution in [0.2, 0.25) is 0 Å². The molecule has 1 fully saturated rings. The third-order valence-electron chi connectivity index (χ3n) is 24.7. The highest BCUT2D eigenvalue weighted by atomic mass is 32.2. The number of hydrogen-bond acceptors (Lipinski definition) is 19. The quantitative estimate of drug-likeness (QED) is 0.00360. The number of aliphatic hydroxyl groups excluding tert-OH is 1. The Bertz CT molecular complexity index is 7780. The number of nitrogens with one attached hydrogen (secondary N) is 7. The largest absolute Gasteiger partial charge is 0.544 e. The van der Waals surface area contributed by atoms with E-state index >= 15 is 0 Å². The van der Waals surface area contributed by atoms with E-state index in [4.69, 9.17) is 14.4 Å². The van der Waals surface area contributed by atoms with Gasteiger partial charge in [-0.3, -0.25) is 39.1 Å². The molecule has 5 aliphatic rings. The molecular weight excluding hydrogens is 1870 g/mol. The number of benzene rings is 10. The summed E-state index contributed by atoms with van der Waals surface area (Å²) in [7, 11) is -4.64. The van der Waals surface area contributed by atoms with Crippen molar-refractivity contribution in [2.45, 2.75) is 105 Å². The number of aromatic nitrogens is 3. The number of aromatic hydroxyl groups is 1. The number of ketones is 1. The number of carbonyl (C=O) groups is 6. The first-order valence-electron chi connectivity index (χ1n) is 47.7.